The van der Waals surface area contributed by atoms with Crippen molar-refractivity contribution in [2.75, 3.05) is 0 Å². The van der Waals surface area contributed by atoms with E-state index < -0.39 is 62.3 Å². The summed E-state index contributed by atoms with van der Waals surface area (Å²) < 4.78 is 58.6. The van der Waals surface area contributed by atoms with Gasteiger partial charge >= 0.3 is 11.9 Å². The molecule has 2 rings (SSSR count). The van der Waals surface area contributed by atoms with E-state index >= 15 is 0 Å². The van der Waals surface area contributed by atoms with Crippen LogP contribution >= 0.6 is 15.9 Å². The number of halogens is 5. The summed E-state index contributed by atoms with van der Waals surface area (Å²) in [6.07, 6.45) is 0. The lowest BCUT2D eigenvalue weighted by Crippen LogP contribution is -2.16. The van der Waals surface area contributed by atoms with E-state index in [0.29, 0.717) is 18.2 Å². The molecule has 10 heteroatoms. The molecule has 0 aliphatic rings. The lowest BCUT2D eigenvalue weighted by molar-refractivity contribution is 0.0668. The zero-order valence-electron chi connectivity index (χ0n) is 11.2. The fourth-order valence-corrected chi connectivity index (χ4v) is 2.19. The number of carbonyl (C=O) groups is 2. The van der Waals surface area contributed by atoms with Crippen molar-refractivity contribution in [1.82, 2.24) is 0 Å². The SMILES string of the molecule is O=C(Oc1c(Br)cc(F)c(C(=O)O)c1F)c1c(F)ccc(O)c1F. The van der Waals surface area contributed by atoms with Crippen LogP contribution in [0.25, 0.3) is 0 Å². The molecule has 0 spiro atoms. The second-order valence-electron chi connectivity index (χ2n) is 4.31. The Morgan fingerprint density at radius 3 is 2.21 bits per heavy atom. The molecule has 0 aliphatic heterocycles. The summed E-state index contributed by atoms with van der Waals surface area (Å²) >= 11 is 2.65. The Hall–Kier alpha value is -2.62. The molecule has 0 unspecified atom stereocenters. The van der Waals surface area contributed by atoms with Gasteiger partial charge in [0.25, 0.3) is 0 Å². The third kappa shape index (κ3) is 3.04. The normalized spacial score (nSPS) is 10.5. The Bertz CT molecular complexity index is 869. The molecule has 0 fully saturated rings. The zero-order valence-corrected chi connectivity index (χ0v) is 12.8. The molecule has 24 heavy (non-hydrogen) atoms. The van der Waals surface area contributed by atoms with Gasteiger partial charge in [-0.05, 0) is 34.1 Å². The number of phenolic OH excluding ortho intramolecular Hbond substituents is 1. The van der Waals surface area contributed by atoms with Crippen LogP contribution < -0.4 is 4.74 Å². The molecule has 5 nitrogen and oxygen atoms in total. The number of esters is 1. The second-order valence-corrected chi connectivity index (χ2v) is 5.16. The standard InChI is InChI=1S/C14H5BrF4O5/c15-4-3-6(17)8(13(21)22)11(19)12(4)24-14(23)9-5(16)1-2-7(20)10(9)18/h1-3,20H,(H,21,22). The Kier molecular flexibility index (Phi) is 4.78. The zero-order chi connectivity index (χ0) is 18.2. The van der Waals surface area contributed by atoms with E-state index in [2.05, 4.69) is 20.7 Å². The van der Waals surface area contributed by atoms with Crippen LogP contribution in [0.5, 0.6) is 11.5 Å². The van der Waals surface area contributed by atoms with Gasteiger partial charge in [-0.1, -0.05) is 0 Å². The first-order chi connectivity index (χ1) is 11.1. The summed E-state index contributed by atoms with van der Waals surface area (Å²) in [5, 5.41) is 17.9. The van der Waals surface area contributed by atoms with Crippen LogP contribution in [-0.4, -0.2) is 22.2 Å². The van der Waals surface area contributed by atoms with Crippen molar-refractivity contribution < 1.29 is 42.1 Å². The molecule has 0 saturated heterocycles. The molecule has 0 aliphatic carbocycles. The van der Waals surface area contributed by atoms with Crippen LogP contribution in [-0.2, 0) is 0 Å². The number of carboxylic acids is 1. The molecule has 0 radical (unpaired) electrons. The van der Waals surface area contributed by atoms with Crippen LogP contribution in [0, 0.1) is 23.3 Å². The first kappa shape index (κ1) is 17.7. The number of carbonyl (C=O) groups excluding carboxylic acids is 1. The van der Waals surface area contributed by atoms with Crippen LogP contribution in [0.1, 0.15) is 20.7 Å². The maximum absolute atomic E-state index is 14.0. The number of aromatic hydroxyl groups is 1. The summed E-state index contributed by atoms with van der Waals surface area (Å²) in [5.74, 6) is -12.2. The number of rotatable bonds is 3. The Balaban J connectivity index is 2.53. The minimum atomic E-state index is -1.98. The minimum Gasteiger partial charge on any atom is -0.505 e. The smallest absolute Gasteiger partial charge is 0.349 e. The van der Waals surface area contributed by atoms with Gasteiger partial charge in [0.2, 0.25) is 0 Å². The van der Waals surface area contributed by atoms with E-state index in [1.165, 1.54) is 0 Å². The summed E-state index contributed by atoms with van der Waals surface area (Å²) in [5.41, 5.74) is -2.75. The highest BCUT2D eigenvalue weighted by Crippen LogP contribution is 2.34. The van der Waals surface area contributed by atoms with Crippen molar-refractivity contribution in [2.24, 2.45) is 0 Å². The Morgan fingerprint density at radius 1 is 1.00 bits per heavy atom. The van der Waals surface area contributed by atoms with E-state index in [9.17, 15) is 27.2 Å². The van der Waals surface area contributed by atoms with Gasteiger partial charge in [-0.15, -0.1) is 0 Å². The molecule has 0 aromatic heterocycles. The van der Waals surface area contributed by atoms with E-state index in [4.69, 9.17) is 10.2 Å². The summed E-state index contributed by atoms with van der Waals surface area (Å²) in [4.78, 5) is 22.7. The topological polar surface area (TPSA) is 83.8 Å². The van der Waals surface area contributed by atoms with Crippen molar-refractivity contribution in [3.63, 3.8) is 0 Å². The first-order valence-corrected chi connectivity index (χ1v) is 6.74. The third-order valence-electron chi connectivity index (χ3n) is 2.81. The molecule has 2 aromatic carbocycles. The predicted octanol–water partition coefficient (Wildman–Crippen LogP) is 3.63. The third-order valence-corrected chi connectivity index (χ3v) is 3.40. The van der Waals surface area contributed by atoms with Gasteiger partial charge in [0, 0.05) is 0 Å². The van der Waals surface area contributed by atoms with Crippen molar-refractivity contribution in [3.8, 4) is 11.5 Å². The Labute approximate surface area is 139 Å². The number of benzene rings is 2. The second kappa shape index (κ2) is 6.48. The molecule has 2 aromatic rings. The van der Waals surface area contributed by atoms with Gasteiger partial charge in [0.05, 0.1) is 4.47 Å². The Morgan fingerprint density at radius 2 is 1.62 bits per heavy atom. The van der Waals surface area contributed by atoms with Crippen molar-refractivity contribution in [1.29, 1.82) is 0 Å². The molecule has 0 saturated carbocycles. The molecule has 0 heterocycles. The van der Waals surface area contributed by atoms with E-state index in [-0.39, 0.29) is 0 Å². The quantitative estimate of drug-likeness (QED) is 0.460. The molecular weight excluding hydrogens is 404 g/mol. The molecule has 0 bridgehead atoms. The number of hydrogen-bond donors (Lipinski definition) is 2. The lowest BCUT2D eigenvalue weighted by Gasteiger charge is -2.11. The van der Waals surface area contributed by atoms with Crippen LogP contribution in [0.4, 0.5) is 17.6 Å². The summed E-state index contributed by atoms with van der Waals surface area (Å²) in [7, 11) is 0. The van der Waals surface area contributed by atoms with Gasteiger partial charge in [-0.25, -0.2) is 27.2 Å². The van der Waals surface area contributed by atoms with Crippen molar-refractivity contribution in [3.05, 3.63) is 57.1 Å². The van der Waals surface area contributed by atoms with Crippen LogP contribution in [0.2, 0.25) is 0 Å². The molecule has 0 atom stereocenters. The highest BCUT2D eigenvalue weighted by Gasteiger charge is 2.28. The van der Waals surface area contributed by atoms with Crippen molar-refractivity contribution in [2.45, 2.75) is 0 Å². The number of aromatic carboxylic acids is 1. The maximum Gasteiger partial charge on any atom is 0.349 e. The van der Waals surface area contributed by atoms with Crippen LogP contribution in [0.15, 0.2) is 22.7 Å². The van der Waals surface area contributed by atoms with E-state index in [0.717, 1.165) is 0 Å². The average Bonchev–Trinajstić information content (AvgIpc) is 2.47. The van der Waals surface area contributed by atoms with Gasteiger partial charge < -0.3 is 14.9 Å². The highest BCUT2D eigenvalue weighted by molar-refractivity contribution is 9.10. The number of phenols is 1. The highest BCUT2D eigenvalue weighted by atomic mass is 79.9. The minimum absolute atomic E-state index is 0.503. The molecule has 126 valence electrons. The molecule has 0 amide bonds. The van der Waals surface area contributed by atoms with Gasteiger partial charge in [0.1, 0.15) is 22.8 Å². The predicted molar refractivity (Wildman–Crippen MR) is 74.0 cm³/mol. The fourth-order valence-electron chi connectivity index (χ4n) is 1.73. The number of ether oxygens (including phenoxy) is 1. The van der Waals surface area contributed by atoms with Crippen LogP contribution in [0.3, 0.4) is 0 Å². The molecule has 2 N–H and O–H groups in total. The largest absolute Gasteiger partial charge is 0.505 e. The van der Waals surface area contributed by atoms with Gasteiger partial charge in [-0.3, -0.25) is 0 Å². The number of hydrogen-bond acceptors (Lipinski definition) is 4. The first-order valence-electron chi connectivity index (χ1n) is 5.95. The molecular formula is C14H5BrF4O5. The number of carboxylic acid groups (broad SMARTS) is 1. The van der Waals surface area contributed by atoms with E-state index in [1.807, 2.05) is 0 Å². The lowest BCUT2D eigenvalue weighted by atomic mass is 10.1. The maximum atomic E-state index is 14.0. The summed E-state index contributed by atoms with van der Waals surface area (Å²) in [6, 6.07) is 1.70. The van der Waals surface area contributed by atoms with Gasteiger partial charge in [-0.2, -0.15) is 0 Å². The van der Waals surface area contributed by atoms with Gasteiger partial charge in [0.15, 0.2) is 23.1 Å². The fraction of sp³-hybridized carbons (Fsp3) is 0. The summed E-state index contributed by atoms with van der Waals surface area (Å²) in [6.45, 7) is 0. The van der Waals surface area contributed by atoms with E-state index in [1.54, 1.807) is 0 Å². The van der Waals surface area contributed by atoms with Crippen molar-refractivity contribution >= 4 is 27.9 Å². The monoisotopic (exact) mass is 408 g/mol. The average molecular weight is 409 g/mol.